The van der Waals surface area contributed by atoms with E-state index in [1.165, 1.54) is 20.3 Å². The van der Waals surface area contributed by atoms with Gasteiger partial charge < -0.3 is 18.9 Å². The second kappa shape index (κ2) is 10.0. The number of benzene rings is 1. The molecule has 1 rings (SSSR count). The summed E-state index contributed by atoms with van der Waals surface area (Å²) < 4.78 is 20.4. The topological polar surface area (TPSA) is 77.8 Å². The lowest BCUT2D eigenvalue weighted by Gasteiger charge is -2.10. The Morgan fingerprint density at radius 2 is 2.09 bits per heavy atom. The molecule has 0 saturated heterocycles. The Kier molecular flexibility index (Phi) is 7.97. The van der Waals surface area contributed by atoms with Crippen molar-refractivity contribution in [2.75, 3.05) is 34.0 Å². The van der Waals surface area contributed by atoms with Crippen LogP contribution in [-0.2, 0) is 14.3 Å². The van der Waals surface area contributed by atoms with Crippen molar-refractivity contribution in [3.05, 3.63) is 42.0 Å². The molecule has 6 nitrogen and oxygen atoms in total. The molecule has 122 valence electrons. The van der Waals surface area contributed by atoms with Gasteiger partial charge in [0.1, 0.15) is 24.9 Å². The van der Waals surface area contributed by atoms with E-state index in [0.29, 0.717) is 23.7 Å². The third-order valence-corrected chi connectivity index (χ3v) is 2.72. The van der Waals surface area contributed by atoms with E-state index in [1.807, 2.05) is 6.07 Å². The Balaban J connectivity index is 2.93. The molecular weight excluding hydrogens is 298 g/mol. The number of rotatable bonds is 9. The van der Waals surface area contributed by atoms with E-state index < -0.39 is 5.97 Å². The van der Waals surface area contributed by atoms with Crippen molar-refractivity contribution in [3.63, 3.8) is 0 Å². The zero-order valence-corrected chi connectivity index (χ0v) is 13.2. The second-order valence-corrected chi connectivity index (χ2v) is 4.31. The van der Waals surface area contributed by atoms with Gasteiger partial charge in [-0.1, -0.05) is 18.7 Å². The fraction of sp³-hybridized carbons (Fsp3) is 0.294. The molecule has 0 saturated carbocycles. The van der Waals surface area contributed by atoms with Crippen LogP contribution in [0.1, 0.15) is 5.56 Å². The van der Waals surface area contributed by atoms with Gasteiger partial charge in [0.2, 0.25) is 0 Å². The molecule has 6 heteroatoms. The van der Waals surface area contributed by atoms with E-state index >= 15 is 0 Å². The predicted molar refractivity (Wildman–Crippen MR) is 85.1 cm³/mol. The highest BCUT2D eigenvalue weighted by molar-refractivity contribution is 5.97. The molecule has 0 aliphatic carbocycles. The SMILES string of the molecule is C=CCOc1ccc(/C=C(\C#N)C(=O)OCCOC)cc1OC. The van der Waals surface area contributed by atoms with Gasteiger partial charge >= 0.3 is 5.97 Å². The Morgan fingerprint density at radius 3 is 2.70 bits per heavy atom. The molecule has 0 unspecified atom stereocenters. The van der Waals surface area contributed by atoms with Crippen LogP contribution in [0.15, 0.2) is 36.4 Å². The third kappa shape index (κ3) is 5.85. The summed E-state index contributed by atoms with van der Waals surface area (Å²) in [6.45, 7) is 4.29. The van der Waals surface area contributed by atoms with Crippen LogP contribution < -0.4 is 9.47 Å². The molecule has 0 N–H and O–H groups in total. The molecule has 0 aliphatic heterocycles. The quantitative estimate of drug-likeness (QED) is 0.229. The number of esters is 1. The fourth-order valence-electron chi connectivity index (χ4n) is 1.64. The van der Waals surface area contributed by atoms with Gasteiger partial charge in [0.15, 0.2) is 11.5 Å². The lowest BCUT2D eigenvalue weighted by atomic mass is 10.1. The average molecular weight is 317 g/mol. The highest BCUT2D eigenvalue weighted by Crippen LogP contribution is 2.29. The molecular formula is C17H19NO5. The normalized spacial score (nSPS) is 10.6. The molecule has 0 spiro atoms. The Bertz CT molecular complexity index is 616. The van der Waals surface area contributed by atoms with Gasteiger partial charge in [-0.15, -0.1) is 0 Å². The molecule has 1 aromatic carbocycles. The van der Waals surface area contributed by atoms with Gasteiger partial charge in [0.25, 0.3) is 0 Å². The van der Waals surface area contributed by atoms with Crippen LogP contribution in [-0.4, -0.2) is 40.0 Å². The maximum absolute atomic E-state index is 11.8. The smallest absolute Gasteiger partial charge is 0.348 e. The number of ether oxygens (including phenoxy) is 4. The van der Waals surface area contributed by atoms with Gasteiger partial charge in [0, 0.05) is 7.11 Å². The third-order valence-electron chi connectivity index (χ3n) is 2.72. The first-order valence-electron chi connectivity index (χ1n) is 6.85. The largest absolute Gasteiger partial charge is 0.493 e. The molecule has 23 heavy (non-hydrogen) atoms. The van der Waals surface area contributed by atoms with E-state index in [9.17, 15) is 4.79 Å². The zero-order chi connectivity index (χ0) is 17.1. The molecule has 0 bridgehead atoms. The van der Waals surface area contributed by atoms with Crippen molar-refractivity contribution in [2.45, 2.75) is 0 Å². The zero-order valence-electron chi connectivity index (χ0n) is 13.2. The molecule has 0 aliphatic rings. The monoisotopic (exact) mass is 317 g/mol. The number of hydrogen-bond donors (Lipinski definition) is 0. The first-order valence-corrected chi connectivity index (χ1v) is 6.85. The molecule has 0 amide bonds. The van der Waals surface area contributed by atoms with E-state index in [4.69, 9.17) is 24.2 Å². The van der Waals surface area contributed by atoms with Crippen molar-refractivity contribution >= 4 is 12.0 Å². The molecule has 0 atom stereocenters. The number of hydrogen-bond acceptors (Lipinski definition) is 6. The van der Waals surface area contributed by atoms with Crippen LogP contribution in [0.2, 0.25) is 0 Å². The Labute approximate surface area is 135 Å². The van der Waals surface area contributed by atoms with Gasteiger partial charge in [0.05, 0.1) is 13.7 Å². The maximum atomic E-state index is 11.8. The molecule has 0 fully saturated rings. The summed E-state index contributed by atoms with van der Waals surface area (Å²) >= 11 is 0. The summed E-state index contributed by atoms with van der Waals surface area (Å²) in [6, 6.07) is 6.89. The number of carbonyl (C=O) groups is 1. The van der Waals surface area contributed by atoms with Crippen LogP contribution in [0.25, 0.3) is 6.08 Å². The first kappa shape index (κ1) is 18.3. The maximum Gasteiger partial charge on any atom is 0.348 e. The second-order valence-electron chi connectivity index (χ2n) is 4.31. The van der Waals surface area contributed by atoms with Crippen LogP contribution in [0.5, 0.6) is 11.5 Å². The van der Waals surface area contributed by atoms with Gasteiger partial charge in [-0.25, -0.2) is 4.79 Å². The van der Waals surface area contributed by atoms with Gasteiger partial charge in [-0.2, -0.15) is 5.26 Å². The standard InChI is InChI=1S/C17H19NO5/c1-4-7-22-15-6-5-13(11-16(15)21-3)10-14(12-18)17(19)23-9-8-20-2/h4-6,10-11H,1,7-9H2,2-3H3/b14-10+. The van der Waals surface area contributed by atoms with E-state index in [0.717, 1.165) is 0 Å². The Morgan fingerprint density at radius 1 is 1.30 bits per heavy atom. The summed E-state index contributed by atoms with van der Waals surface area (Å²) in [7, 11) is 3.00. The minimum Gasteiger partial charge on any atom is -0.493 e. The van der Waals surface area contributed by atoms with Gasteiger partial charge in [-0.3, -0.25) is 0 Å². The van der Waals surface area contributed by atoms with Crippen LogP contribution in [0.3, 0.4) is 0 Å². The summed E-state index contributed by atoms with van der Waals surface area (Å²) in [5.74, 6) is 0.340. The van der Waals surface area contributed by atoms with Crippen LogP contribution in [0.4, 0.5) is 0 Å². The highest BCUT2D eigenvalue weighted by atomic mass is 16.6. The number of methoxy groups -OCH3 is 2. The summed E-state index contributed by atoms with van der Waals surface area (Å²) in [6.07, 6.45) is 3.05. The van der Waals surface area contributed by atoms with Crippen LogP contribution in [0, 0.1) is 11.3 Å². The van der Waals surface area contributed by atoms with Gasteiger partial charge in [-0.05, 0) is 23.8 Å². The van der Waals surface area contributed by atoms with Crippen molar-refractivity contribution in [1.29, 1.82) is 5.26 Å². The summed E-state index contributed by atoms with van der Waals surface area (Å²) in [5, 5.41) is 9.09. The predicted octanol–water partition coefficient (Wildman–Crippen LogP) is 2.36. The van der Waals surface area contributed by atoms with E-state index in [1.54, 1.807) is 24.3 Å². The lowest BCUT2D eigenvalue weighted by Crippen LogP contribution is -2.11. The fourth-order valence-corrected chi connectivity index (χ4v) is 1.64. The molecule has 0 heterocycles. The molecule has 0 aromatic heterocycles. The van der Waals surface area contributed by atoms with Crippen molar-refractivity contribution in [3.8, 4) is 17.6 Å². The van der Waals surface area contributed by atoms with Crippen molar-refractivity contribution < 1.29 is 23.7 Å². The number of carbonyl (C=O) groups excluding carboxylic acids is 1. The first-order chi connectivity index (χ1) is 11.2. The minimum atomic E-state index is -0.699. The minimum absolute atomic E-state index is 0.0893. The summed E-state index contributed by atoms with van der Waals surface area (Å²) in [5.41, 5.74) is 0.510. The summed E-state index contributed by atoms with van der Waals surface area (Å²) in [4.78, 5) is 11.8. The molecule has 0 radical (unpaired) electrons. The number of nitrogens with zero attached hydrogens (tertiary/aromatic N) is 1. The van der Waals surface area contributed by atoms with E-state index in [2.05, 4.69) is 6.58 Å². The van der Waals surface area contributed by atoms with Crippen LogP contribution >= 0.6 is 0 Å². The Hall–Kier alpha value is -2.78. The lowest BCUT2D eigenvalue weighted by molar-refractivity contribution is -0.139. The average Bonchev–Trinajstić information content (AvgIpc) is 2.58. The van der Waals surface area contributed by atoms with E-state index in [-0.39, 0.29) is 18.8 Å². The van der Waals surface area contributed by atoms with Crippen molar-refractivity contribution in [1.82, 2.24) is 0 Å². The highest BCUT2D eigenvalue weighted by Gasteiger charge is 2.12. The number of nitriles is 1. The molecule has 1 aromatic rings. The van der Waals surface area contributed by atoms with Crippen molar-refractivity contribution in [2.24, 2.45) is 0 Å².